The minimum absolute atomic E-state index is 0.0302. The number of carboxylic acid groups (broad SMARTS) is 1. The third kappa shape index (κ3) is 2.64. The molecular weight excluding hydrogens is 263 g/mol. The number of hydrogen-bond donors (Lipinski definition) is 3. The smallest absolute Gasteiger partial charge is 0.337 e. The molecule has 100 valence electrons. The molecule has 20 heavy (non-hydrogen) atoms. The maximum absolute atomic E-state index is 13.0. The fourth-order valence-electron chi connectivity index (χ4n) is 1.58. The predicted molar refractivity (Wildman–Crippen MR) is 70.0 cm³/mol. The average molecular weight is 272 g/mol. The Morgan fingerprint density at radius 2 is 2.20 bits per heavy atom. The maximum atomic E-state index is 13.0. The van der Waals surface area contributed by atoms with E-state index in [0.717, 1.165) is 6.07 Å². The quantitative estimate of drug-likeness (QED) is 0.788. The van der Waals surface area contributed by atoms with Crippen LogP contribution in [0.3, 0.4) is 0 Å². The van der Waals surface area contributed by atoms with Gasteiger partial charge in [-0.3, -0.25) is 0 Å². The lowest BCUT2D eigenvalue weighted by atomic mass is 10.2. The van der Waals surface area contributed by atoms with Gasteiger partial charge in [0.05, 0.1) is 28.7 Å². The van der Waals surface area contributed by atoms with E-state index in [1.54, 1.807) is 0 Å². The van der Waals surface area contributed by atoms with E-state index in [-0.39, 0.29) is 22.6 Å². The summed E-state index contributed by atoms with van der Waals surface area (Å²) in [6.45, 7) is 0. The number of benzene rings is 1. The molecule has 0 aliphatic carbocycles. The molecule has 4 N–H and O–H groups in total. The number of anilines is 3. The second-order valence-corrected chi connectivity index (χ2v) is 3.89. The number of nitrogens with zero attached hydrogens (tertiary/aromatic N) is 2. The number of nitrogens with two attached hydrogens (primary N) is 1. The molecule has 2 aromatic rings. The highest BCUT2D eigenvalue weighted by atomic mass is 19.1. The van der Waals surface area contributed by atoms with E-state index >= 15 is 0 Å². The minimum atomic E-state index is -1.19. The second-order valence-electron chi connectivity index (χ2n) is 3.89. The topological polar surface area (TPSA) is 112 Å². The lowest BCUT2D eigenvalue weighted by molar-refractivity contribution is 0.0698. The van der Waals surface area contributed by atoms with Gasteiger partial charge in [0.25, 0.3) is 0 Å². The van der Waals surface area contributed by atoms with Crippen LogP contribution < -0.4 is 11.1 Å². The van der Waals surface area contributed by atoms with Gasteiger partial charge in [-0.15, -0.1) is 0 Å². The molecule has 7 heteroatoms. The maximum Gasteiger partial charge on any atom is 0.337 e. The largest absolute Gasteiger partial charge is 0.478 e. The average Bonchev–Trinajstić information content (AvgIpc) is 2.42. The molecule has 0 saturated carbocycles. The zero-order chi connectivity index (χ0) is 14.7. The van der Waals surface area contributed by atoms with E-state index in [0.29, 0.717) is 5.69 Å². The molecule has 1 aromatic carbocycles. The summed E-state index contributed by atoms with van der Waals surface area (Å²) in [4.78, 5) is 14.9. The van der Waals surface area contributed by atoms with Gasteiger partial charge in [0.2, 0.25) is 0 Å². The summed E-state index contributed by atoms with van der Waals surface area (Å²) in [6, 6.07) is 6.69. The lowest BCUT2D eigenvalue weighted by Gasteiger charge is -2.09. The number of aromatic nitrogens is 1. The Hall–Kier alpha value is -3.14. The van der Waals surface area contributed by atoms with Crippen molar-refractivity contribution in [3.8, 4) is 6.07 Å². The molecule has 0 unspecified atom stereocenters. The zero-order valence-corrected chi connectivity index (χ0v) is 10.1. The number of carboxylic acids is 1. The Labute approximate surface area is 113 Å². The highest BCUT2D eigenvalue weighted by molar-refractivity contribution is 5.94. The molecule has 1 aromatic heterocycles. The van der Waals surface area contributed by atoms with Gasteiger partial charge < -0.3 is 16.2 Å². The SMILES string of the molecule is N#Cc1cc(F)ccc1Nc1cc(C(=O)O)c(N)cn1. The van der Waals surface area contributed by atoms with E-state index < -0.39 is 11.8 Å². The Balaban J connectivity index is 2.38. The number of carbonyl (C=O) groups is 1. The highest BCUT2D eigenvalue weighted by Crippen LogP contribution is 2.22. The molecule has 0 amide bonds. The molecule has 0 aliphatic rings. The first kappa shape index (κ1) is 13.3. The van der Waals surface area contributed by atoms with Crippen molar-refractivity contribution in [2.75, 3.05) is 11.1 Å². The molecule has 0 bridgehead atoms. The van der Waals surface area contributed by atoms with E-state index in [2.05, 4.69) is 10.3 Å². The Bertz CT molecular complexity index is 725. The summed E-state index contributed by atoms with van der Waals surface area (Å²) in [6.07, 6.45) is 1.20. The van der Waals surface area contributed by atoms with Crippen LogP contribution in [0.25, 0.3) is 0 Å². The standard InChI is InChI=1S/C13H9FN4O2/c14-8-1-2-11(7(3-8)5-15)18-12-4-9(13(19)20)10(16)6-17-12/h1-4,6H,16H2,(H,17,18)(H,19,20). The normalized spacial score (nSPS) is 9.80. The van der Waals surface area contributed by atoms with Crippen LogP contribution in [-0.2, 0) is 0 Å². The molecular formula is C13H9FN4O2. The molecule has 0 aliphatic heterocycles. The van der Waals surface area contributed by atoms with E-state index in [1.807, 2.05) is 6.07 Å². The van der Waals surface area contributed by atoms with Crippen LogP contribution in [0.1, 0.15) is 15.9 Å². The summed E-state index contributed by atoms with van der Waals surface area (Å²) in [7, 11) is 0. The first-order valence-corrected chi connectivity index (χ1v) is 5.46. The van der Waals surface area contributed by atoms with E-state index in [9.17, 15) is 9.18 Å². The third-order valence-corrected chi connectivity index (χ3v) is 2.53. The lowest BCUT2D eigenvalue weighted by Crippen LogP contribution is -2.05. The first-order valence-electron chi connectivity index (χ1n) is 5.46. The Morgan fingerprint density at radius 1 is 1.45 bits per heavy atom. The number of nitriles is 1. The minimum Gasteiger partial charge on any atom is -0.478 e. The van der Waals surface area contributed by atoms with Crippen molar-refractivity contribution >= 4 is 23.2 Å². The zero-order valence-electron chi connectivity index (χ0n) is 10.1. The number of pyridine rings is 1. The number of aromatic carboxylic acids is 1. The van der Waals surface area contributed by atoms with Crippen molar-refractivity contribution in [1.29, 1.82) is 5.26 Å². The first-order chi connectivity index (χ1) is 9.51. The molecule has 0 fully saturated rings. The van der Waals surface area contributed by atoms with Gasteiger partial charge in [0, 0.05) is 0 Å². The summed E-state index contributed by atoms with van der Waals surface area (Å²) in [5.74, 6) is -1.53. The predicted octanol–water partition coefficient (Wildman–Crippen LogP) is 2.12. The van der Waals surface area contributed by atoms with Crippen LogP contribution in [0.2, 0.25) is 0 Å². The summed E-state index contributed by atoms with van der Waals surface area (Å²) < 4.78 is 13.0. The van der Waals surface area contributed by atoms with Crippen molar-refractivity contribution < 1.29 is 14.3 Å². The van der Waals surface area contributed by atoms with Gasteiger partial charge in [-0.25, -0.2) is 14.2 Å². The van der Waals surface area contributed by atoms with Gasteiger partial charge in [0.15, 0.2) is 0 Å². The van der Waals surface area contributed by atoms with Gasteiger partial charge >= 0.3 is 5.97 Å². The third-order valence-electron chi connectivity index (χ3n) is 2.53. The van der Waals surface area contributed by atoms with Crippen molar-refractivity contribution in [3.63, 3.8) is 0 Å². The van der Waals surface area contributed by atoms with Crippen LogP contribution >= 0.6 is 0 Å². The van der Waals surface area contributed by atoms with Crippen molar-refractivity contribution in [2.24, 2.45) is 0 Å². The van der Waals surface area contributed by atoms with E-state index in [1.165, 1.54) is 24.4 Å². The van der Waals surface area contributed by atoms with Crippen LogP contribution in [0.4, 0.5) is 21.6 Å². The van der Waals surface area contributed by atoms with Crippen LogP contribution in [-0.4, -0.2) is 16.1 Å². The van der Waals surface area contributed by atoms with Gasteiger partial charge in [0.1, 0.15) is 17.7 Å². The molecule has 0 spiro atoms. The van der Waals surface area contributed by atoms with Crippen LogP contribution in [0.15, 0.2) is 30.5 Å². The van der Waals surface area contributed by atoms with Crippen LogP contribution in [0, 0.1) is 17.1 Å². The van der Waals surface area contributed by atoms with Crippen molar-refractivity contribution in [3.05, 3.63) is 47.4 Å². The van der Waals surface area contributed by atoms with Gasteiger partial charge in [-0.2, -0.15) is 5.26 Å². The monoisotopic (exact) mass is 272 g/mol. The van der Waals surface area contributed by atoms with Crippen molar-refractivity contribution in [1.82, 2.24) is 4.98 Å². The van der Waals surface area contributed by atoms with E-state index in [4.69, 9.17) is 16.1 Å². The molecule has 1 heterocycles. The van der Waals surface area contributed by atoms with Crippen LogP contribution in [0.5, 0.6) is 0 Å². The molecule has 0 atom stereocenters. The molecule has 2 rings (SSSR count). The number of hydrogen-bond acceptors (Lipinski definition) is 5. The van der Waals surface area contributed by atoms with Gasteiger partial charge in [-0.1, -0.05) is 0 Å². The summed E-state index contributed by atoms with van der Waals surface area (Å²) >= 11 is 0. The molecule has 6 nitrogen and oxygen atoms in total. The fraction of sp³-hybridized carbons (Fsp3) is 0. The number of halogens is 1. The van der Waals surface area contributed by atoms with Gasteiger partial charge in [-0.05, 0) is 24.3 Å². The number of rotatable bonds is 3. The number of nitrogens with one attached hydrogen (secondary N) is 1. The summed E-state index contributed by atoms with van der Waals surface area (Å²) in [5.41, 5.74) is 5.81. The highest BCUT2D eigenvalue weighted by Gasteiger charge is 2.11. The number of nitrogen functional groups attached to an aromatic ring is 1. The second kappa shape index (κ2) is 5.24. The molecule has 0 saturated heterocycles. The Morgan fingerprint density at radius 3 is 2.85 bits per heavy atom. The Kier molecular flexibility index (Phi) is 3.48. The molecule has 0 radical (unpaired) electrons. The summed E-state index contributed by atoms with van der Waals surface area (Å²) in [5, 5.41) is 20.6. The fourth-order valence-corrected chi connectivity index (χ4v) is 1.58. The van der Waals surface area contributed by atoms with Crippen molar-refractivity contribution in [2.45, 2.75) is 0 Å².